The van der Waals surface area contributed by atoms with Crippen LogP contribution >= 0.6 is 11.6 Å². The van der Waals surface area contributed by atoms with Gasteiger partial charge in [-0.05, 0) is 30.2 Å². The van der Waals surface area contributed by atoms with Crippen LogP contribution in [0.4, 0.5) is 10.5 Å². The van der Waals surface area contributed by atoms with E-state index in [-0.39, 0.29) is 0 Å². The Kier molecular flexibility index (Phi) is 2.92. The molecule has 0 N–H and O–H groups in total. The number of amides is 1. The van der Waals surface area contributed by atoms with Gasteiger partial charge in [-0.1, -0.05) is 0 Å². The zero-order valence-corrected chi connectivity index (χ0v) is 9.87. The van der Waals surface area contributed by atoms with Gasteiger partial charge in [-0.3, -0.25) is 4.79 Å². The molecule has 5 heteroatoms. The molecular formula is C11H12ClNO3. The van der Waals surface area contributed by atoms with E-state index in [1.807, 2.05) is 13.0 Å². The van der Waals surface area contributed by atoms with Gasteiger partial charge in [0.2, 0.25) is 0 Å². The van der Waals surface area contributed by atoms with Crippen molar-refractivity contribution in [2.45, 2.75) is 6.92 Å². The molecule has 0 fully saturated rings. The summed E-state index contributed by atoms with van der Waals surface area (Å²) in [6.07, 6.45) is 0. The van der Waals surface area contributed by atoms with Crippen molar-refractivity contribution in [1.29, 1.82) is 0 Å². The molecule has 1 aliphatic heterocycles. The van der Waals surface area contributed by atoms with E-state index in [2.05, 4.69) is 0 Å². The topological polar surface area (TPSA) is 38.8 Å². The molecule has 2 rings (SSSR count). The van der Waals surface area contributed by atoms with Crippen LogP contribution in [0.5, 0.6) is 11.5 Å². The van der Waals surface area contributed by atoms with Crippen LogP contribution in [0.15, 0.2) is 12.1 Å². The second kappa shape index (κ2) is 4.22. The highest BCUT2D eigenvalue weighted by Gasteiger charge is 2.17. The van der Waals surface area contributed by atoms with Crippen molar-refractivity contribution >= 4 is 22.7 Å². The van der Waals surface area contributed by atoms with Gasteiger partial charge >= 0.3 is 5.37 Å². The number of rotatable bonds is 1. The molecule has 0 aromatic heterocycles. The van der Waals surface area contributed by atoms with E-state index in [1.54, 1.807) is 13.1 Å². The first-order valence-electron chi connectivity index (χ1n) is 4.93. The zero-order chi connectivity index (χ0) is 11.7. The van der Waals surface area contributed by atoms with Gasteiger partial charge < -0.3 is 14.4 Å². The number of aryl methyl sites for hydroxylation is 1. The molecule has 0 atom stereocenters. The predicted octanol–water partition coefficient (Wildman–Crippen LogP) is 2.56. The summed E-state index contributed by atoms with van der Waals surface area (Å²) in [7, 11) is 1.62. The lowest BCUT2D eigenvalue weighted by Crippen LogP contribution is -2.22. The molecule has 1 amide bonds. The van der Waals surface area contributed by atoms with Crippen LogP contribution in [0.1, 0.15) is 5.56 Å². The largest absolute Gasteiger partial charge is 0.486 e. The van der Waals surface area contributed by atoms with Crippen molar-refractivity contribution in [3.05, 3.63) is 17.7 Å². The molecule has 0 saturated heterocycles. The van der Waals surface area contributed by atoms with E-state index < -0.39 is 5.37 Å². The highest BCUT2D eigenvalue weighted by molar-refractivity contribution is 6.66. The van der Waals surface area contributed by atoms with Gasteiger partial charge in [0.1, 0.15) is 13.2 Å². The van der Waals surface area contributed by atoms with Crippen LogP contribution in [0, 0.1) is 6.92 Å². The van der Waals surface area contributed by atoms with Crippen LogP contribution in [0.3, 0.4) is 0 Å². The Bertz CT molecular complexity index is 433. The van der Waals surface area contributed by atoms with E-state index in [4.69, 9.17) is 21.1 Å². The Labute approximate surface area is 98.7 Å². The zero-order valence-electron chi connectivity index (χ0n) is 9.12. The minimum Gasteiger partial charge on any atom is -0.486 e. The molecule has 1 aromatic carbocycles. The molecule has 86 valence electrons. The van der Waals surface area contributed by atoms with E-state index in [9.17, 15) is 4.79 Å². The number of ether oxygens (including phenoxy) is 2. The van der Waals surface area contributed by atoms with Crippen LogP contribution in [-0.4, -0.2) is 25.6 Å². The summed E-state index contributed by atoms with van der Waals surface area (Å²) < 4.78 is 10.9. The number of hydrogen-bond donors (Lipinski definition) is 0. The van der Waals surface area contributed by atoms with Gasteiger partial charge in [-0.25, -0.2) is 0 Å². The summed E-state index contributed by atoms with van der Waals surface area (Å²) in [5.74, 6) is 1.36. The first kappa shape index (κ1) is 11.1. The van der Waals surface area contributed by atoms with Gasteiger partial charge in [0, 0.05) is 13.1 Å². The fraction of sp³-hybridized carbons (Fsp3) is 0.364. The maximum atomic E-state index is 11.1. The first-order chi connectivity index (χ1) is 7.59. The van der Waals surface area contributed by atoms with Crippen molar-refractivity contribution in [3.63, 3.8) is 0 Å². The Morgan fingerprint density at radius 1 is 1.31 bits per heavy atom. The van der Waals surface area contributed by atoms with Crippen molar-refractivity contribution in [3.8, 4) is 11.5 Å². The molecule has 0 unspecified atom stereocenters. The summed E-state index contributed by atoms with van der Waals surface area (Å²) >= 11 is 5.43. The van der Waals surface area contributed by atoms with Gasteiger partial charge in [-0.15, -0.1) is 0 Å². The van der Waals surface area contributed by atoms with Gasteiger partial charge in [0.05, 0.1) is 5.69 Å². The number of nitrogens with zero attached hydrogens (tertiary/aromatic N) is 1. The molecular weight excluding hydrogens is 230 g/mol. The first-order valence-corrected chi connectivity index (χ1v) is 5.31. The van der Waals surface area contributed by atoms with Crippen molar-refractivity contribution in [2.75, 3.05) is 25.2 Å². The maximum absolute atomic E-state index is 11.1. The van der Waals surface area contributed by atoms with Crippen LogP contribution in [0.2, 0.25) is 0 Å². The van der Waals surface area contributed by atoms with E-state index in [1.165, 1.54) is 4.90 Å². The van der Waals surface area contributed by atoms with Crippen LogP contribution in [-0.2, 0) is 0 Å². The molecule has 1 heterocycles. The monoisotopic (exact) mass is 241 g/mol. The Morgan fingerprint density at radius 3 is 2.44 bits per heavy atom. The van der Waals surface area contributed by atoms with E-state index >= 15 is 0 Å². The molecule has 0 aliphatic carbocycles. The molecule has 0 bridgehead atoms. The third-order valence-electron chi connectivity index (χ3n) is 2.49. The molecule has 0 spiro atoms. The Hall–Kier alpha value is -1.42. The summed E-state index contributed by atoms with van der Waals surface area (Å²) in [5, 5.41) is -0.528. The number of benzene rings is 1. The van der Waals surface area contributed by atoms with Crippen LogP contribution in [0.25, 0.3) is 0 Å². The molecule has 0 saturated carbocycles. The number of carbonyl (C=O) groups is 1. The minimum absolute atomic E-state index is 0.522. The standard InChI is InChI=1S/C11H12ClNO3/c1-7-5-9-10(16-4-3-15-9)6-8(7)13(2)11(12)14/h5-6H,3-4H2,1-2H3. The lowest BCUT2D eigenvalue weighted by molar-refractivity contribution is 0.171. The quantitative estimate of drug-likeness (QED) is 0.560. The summed E-state index contributed by atoms with van der Waals surface area (Å²) in [6.45, 7) is 2.97. The number of anilines is 1. The van der Waals surface area contributed by atoms with E-state index in [0.717, 1.165) is 11.3 Å². The highest BCUT2D eigenvalue weighted by Crippen LogP contribution is 2.36. The molecule has 1 aliphatic rings. The SMILES string of the molecule is Cc1cc2c(cc1N(C)C(=O)Cl)OCCO2. The maximum Gasteiger partial charge on any atom is 0.320 e. The van der Waals surface area contributed by atoms with Gasteiger partial charge in [0.15, 0.2) is 11.5 Å². The average Bonchev–Trinajstić information content (AvgIpc) is 2.27. The third-order valence-corrected chi connectivity index (χ3v) is 2.74. The fourth-order valence-electron chi connectivity index (χ4n) is 1.64. The van der Waals surface area contributed by atoms with Gasteiger partial charge in [-0.2, -0.15) is 0 Å². The predicted molar refractivity (Wildman–Crippen MR) is 61.8 cm³/mol. The number of fused-ring (bicyclic) bond motifs is 1. The van der Waals surface area contributed by atoms with Gasteiger partial charge in [0.25, 0.3) is 0 Å². The second-order valence-corrected chi connectivity index (χ2v) is 3.92. The second-order valence-electron chi connectivity index (χ2n) is 3.59. The summed E-state index contributed by atoms with van der Waals surface area (Å²) in [6, 6.07) is 3.62. The Morgan fingerprint density at radius 2 is 1.88 bits per heavy atom. The van der Waals surface area contributed by atoms with Crippen molar-refractivity contribution in [1.82, 2.24) is 0 Å². The highest BCUT2D eigenvalue weighted by atomic mass is 35.5. The smallest absolute Gasteiger partial charge is 0.320 e. The minimum atomic E-state index is -0.528. The summed E-state index contributed by atoms with van der Waals surface area (Å²) in [4.78, 5) is 12.5. The van der Waals surface area contributed by atoms with E-state index in [0.29, 0.717) is 24.7 Å². The summed E-state index contributed by atoms with van der Waals surface area (Å²) in [5.41, 5.74) is 1.64. The third kappa shape index (κ3) is 1.93. The molecule has 4 nitrogen and oxygen atoms in total. The Balaban J connectivity index is 2.43. The number of hydrogen-bond acceptors (Lipinski definition) is 3. The van der Waals surface area contributed by atoms with Crippen molar-refractivity contribution < 1.29 is 14.3 Å². The molecule has 1 aromatic rings. The lowest BCUT2D eigenvalue weighted by Gasteiger charge is -2.23. The lowest BCUT2D eigenvalue weighted by atomic mass is 10.1. The normalized spacial score (nSPS) is 13.4. The number of carbonyl (C=O) groups excluding carboxylic acids is 1. The average molecular weight is 242 g/mol. The van der Waals surface area contributed by atoms with Crippen LogP contribution < -0.4 is 14.4 Å². The fourth-order valence-corrected chi connectivity index (χ4v) is 1.73. The molecule has 0 radical (unpaired) electrons. The number of halogens is 1. The van der Waals surface area contributed by atoms with Crippen molar-refractivity contribution in [2.24, 2.45) is 0 Å². The molecule has 16 heavy (non-hydrogen) atoms.